The number of carbonyl (C=O) groups is 1. The third kappa shape index (κ3) is 3.09. The summed E-state index contributed by atoms with van der Waals surface area (Å²) < 4.78 is 20.0. The molecule has 1 aromatic rings. The van der Waals surface area contributed by atoms with Gasteiger partial charge in [0.25, 0.3) is 0 Å². The van der Waals surface area contributed by atoms with Gasteiger partial charge in [-0.2, -0.15) is 0 Å². The Hall–Kier alpha value is -1.66. The lowest BCUT2D eigenvalue weighted by molar-refractivity contribution is 0.0209. The van der Waals surface area contributed by atoms with Crippen LogP contribution >= 0.6 is 0 Å². The molecule has 142 valence electrons. The first kappa shape index (κ1) is 17.7. The van der Waals surface area contributed by atoms with Gasteiger partial charge in [-0.15, -0.1) is 0 Å². The average Bonchev–Trinajstić information content (AvgIpc) is 3.27. The molecule has 26 heavy (non-hydrogen) atoms. The van der Waals surface area contributed by atoms with Gasteiger partial charge >= 0.3 is 6.03 Å². The van der Waals surface area contributed by atoms with E-state index in [4.69, 9.17) is 4.74 Å². The summed E-state index contributed by atoms with van der Waals surface area (Å²) >= 11 is 0. The Bertz CT molecular complexity index is 669. The van der Waals surface area contributed by atoms with Crippen LogP contribution in [0.2, 0.25) is 0 Å². The van der Waals surface area contributed by atoms with Gasteiger partial charge in [0.15, 0.2) is 0 Å². The predicted octanol–water partition coefficient (Wildman–Crippen LogP) is 2.89. The van der Waals surface area contributed by atoms with Gasteiger partial charge in [-0.05, 0) is 31.9 Å². The van der Waals surface area contributed by atoms with Gasteiger partial charge in [-0.1, -0.05) is 18.9 Å². The molecule has 1 atom stereocenters. The van der Waals surface area contributed by atoms with E-state index in [0.29, 0.717) is 13.1 Å². The predicted molar refractivity (Wildman–Crippen MR) is 99.1 cm³/mol. The molecule has 0 radical (unpaired) electrons. The quantitative estimate of drug-likeness (QED) is 0.900. The fourth-order valence-corrected chi connectivity index (χ4v) is 4.85. The molecule has 2 fully saturated rings. The Labute approximate surface area is 154 Å². The highest BCUT2D eigenvalue weighted by atomic mass is 19.1. The topological polar surface area (TPSA) is 44.8 Å². The minimum atomic E-state index is -0.187. The molecule has 1 unspecified atom stereocenters. The number of rotatable bonds is 3. The monoisotopic (exact) mass is 361 g/mol. The third-order valence-electron chi connectivity index (χ3n) is 6.30. The maximum Gasteiger partial charge on any atom is 0.321 e. The van der Waals surface area contributed by atoms with E-state index in [1.165, 1.54) is 6.07 Å². The number of carbonyl (C=O) groups excluding carboxylic acids is 1. The van der Waals surface area contributed by atoms with Crippen LogP contribution < -0.4 is 10.2 Å². The Balaban J connectivity index is 1.46. The van der Waals surface area contributed by atoms with Crippen LogP contribution in [0.3, 0.4) is 0 Å². The minimum absolute atomic E-state index is 0.110. The van der Waals surface area contributed by atoms with E-state index >= 15 is 0 Å². The minimum Gasteiger partial charge on any atom is -0.379 e. The highest BCUT2D eigenvalue weighted by Gasteiger charge is 2.48. The van der Waals surface area contributed by atoms with Crippen molar-refractivity contribution in [2.24, 2.45) is 0 Å². The van der Waals surface area contributed by atoms with Crippen LogP contribution in [0.1, 0.15) is 38.2 Å². The van der Waals surface area contributed by atoms with Gasteiger partial charge in [0.2, 0.25) is 0 Å². The van der Waals surface area contributed by atoms with Crippen LogP contribution in [0.25, 0.3) is 0 Å². The zero-order valence-corrected chi connectivity index (χ0v) is 15.5. The molecule has 1 saturated heterocycles. The van der Waals surface area contributed by atoms with Crippen molar-refractivity contribution in [3.63, 3.8) is 0 Å². The second-order valence-corrected chi connectivity index (χ2v) is 7.89. The number of nitrogens with one attached hydrogen (secondary N) is 1. The average molecular weight is 361 g/mol. The molecule has 0 aromatic heterocycles. The molecule has 4 rings (SSSR count). The number of benzene rings is 1. The maximum absolute atomic E-state index is 14.6. The Morgan fingerprint density at radius 1 is 1.31 bits per heavy atom. The first-order valence-corrected chi connectivity index (χ1v) is 9.77. The number of ether oxygens (including phenoxy) is 1. The summed E-state index contributed by atoms with van der Waals surface area (Å²) in [7, 11) is 0. The molecule has 1 spiro atoms. The molecule has 5 nitrogen and oxygen atoms in total. The summed E-state index contributed by atoms with van der Waals surface area (Å²) in [5, 5.41) is 3.07. The van der Waals surface area contributed by atoms with Gasteiger partial charge < -0.3 is 10.1 Å². The van der Waals surface area contributed by atoms with Crippen molar-refractivity contribution < 1.29 is 13.9 Å². The molecule has 1 aromatic carbocycles. The van der Waals surface area contributed by atoms with Crippen molar-refractivity contribution in [2.45, 2.75) is 44.1 Å². The smallest absolute Gasteiger partial charge is 0.321 e. The molecule has 2 amide bonds. The largest absolute Gasteiger partial charge is 0.379 e. The highest BCUT2D eigenvalue weighted by Crippen LogP contribution is 2.51. The van der Waals surface area contributed by atoms with Gasteiger partial charge in [-0.25, -0.2) is 9.18 Å². The van der Waals surface area contributed by atoms with Gasteiger partial charge in [-0.3, -0.25) is 9.80 Å². The third-order valence-corrected chi connectivity index (χ3v) is 6.30. The van der Waals surface area contributed by atoms with E-state index in [2.05, 4.69) is 17.1 Å². The van der Waals surface area contributed by atoms with Crippen LogP contribution in [0.15, 0.2) is 18.2 Å². The van der Waals surface area contributed by atoms with Crippen molar-refractivity contribution in [1.29, 1.82) is 0 Å². The fourth-order valence-electron chi connectivity index (χ4n) is 4.85. The van der Waals surface area contributed by atoms with E-state index in [-0.39, 0.29) is 23.3 Å². The van der Waals surface area contributed by atoms with Crippen molar-refractivity contribution in [1.82, 2.24) is 10.2 Å². The SMILES string of the molecule is CC(CNC(=O)N1CC2(CCCC2)c2c(F)cccc21)N1CCOCC1. The van der Waals surface area contributed by atoms with Gasteiger partial charge in [0, 0.05) is 43.2 Å². The summed E-state index contributed by atoms with van der Waals surface area (Å²) in [4.78, 5) is 17.0. The number of amides is 2. The Morgan fingerprint density at radius 2 is 2.04 bits per heavy atom. The van der Waals surface area contributed by atoms with Crippen LogP contribution in [0.5, 0.6) is 0 Å². The number of hydrogen-bond donors (Lipinski definition) is 1. The molecular formula is C20H28FN3O2. The van der Waals surface area contributed by atoms with Crippen LogP contribution in [0.4, 0.5) is 14.9 Å². The number of nitrogens with zero attached hydrogens (tertiary/aromatic N) is 2. The standard InChI is InChI=1S/C20H28FN3O2/c1-15(23-9-11-26-12-10-23)13-22-19(25)24-14-20(7-2-3-8-20)18-16(21)5-4-6-17(18)24/h4-6,15H,2-3,7-14H2,1H3,(H,22,25). The summed E-state index contributed by atoms with van der Waals surface area (Å²) in [5.41, 5.74) is 1.32. The zero-order chi connectivity index (χ0) is 18.1. The summed E-state index contributed by atoms with van der Waals surface area (Å²) in [6.45, 7) is 6.62. The molecule has 2 heterocycles. The Kier molecular flexibility index (Phi) is 4.88. The van der Waals surface area contributed by atoms with Crippen LogP contribution in [-0.2, 0) is 10.2 Å². The van der Waals surface area contributed by atoms with Gasteiger partial charge in [0.05, 0.1) is 18.9 Å². The molecule has 1 saturated carbocycles. The number of halogens is 1. The lowest BCUT2D eigenvalue weighted by Gasteiger charge is -2.32. The number of anilines is 1. The lowest BCUT2D eigenvalue weighted by atomic mass is 9.80. The maximum atomic E-state index is 14.6. The highest BCUT2D eigenvalue weighted by molar-refractivity contribution is 5.95. The lowest BCUT2D eigenvalue weighted by Crippen LogP contribution is -2.50. The van der Waals surface area contributed by atoms with Gasteiger partial charge in [0.1, 0.15) is 5.82 Å². The second-order valence-electron chi connectivity index (χ2n) is 7.89. The number of morpholine rings is 1. The Morgan fingerprint density at radius 3 is 2.77 bits per heavy atom. The molecule has 0 bridgehead atoms. The van der Waals surface area contributed by atoms with E-state index in [1.54, 1.807) is 11.0 Å². The van der Waals surface area contributed by atoms with E-state index in [1.807, 2.05) is 6.07 Å². The van der Waals surface area contributed by atoms with Crippen molar-refractivity contribution >= 4 is 11.7 Å². The van der Waals surface area contributed by atoms with Crippen molar-refractivity contribution in [3.05, 3.63) is 29.6 Å². The summed E-state index contributed by atoms with van der Waals surface area (Å²) in [6.07, 6.45) is 4.15. The molecular weight excluding hydrogens is 333 g/mol. The molecule has 2 aliphatic heterocycles. The van der Waals surface area contributed by atoms with Crippen LogP contribution in [-0.4, -0.2) is 56.4 Å². The first-order chi connectivity index (χ1) is 12.6. The van der Waals surface area contributed by atoms with Crippen LogP contribution in [0, 0.1) is 5.82 Å². The second kappa shape index (κ2) is 7.16. The number of hydrogen-bond acceptors (Lipinski definition) is 3. The molecule has 1 N–H and O–H groups in total. The fraction of sp³-hybridized carbons (Fsp3) is 0.650. The molecule has 6 heteroatoms. The number of urea groups is 1. The number of fused-ring (bicyclic) bond motifs is 2. The van der Waals surface area contributed by atoms with E-state index in [0.717, 1.165) is 63.2 Å². The normalized spacial score (nSPS) is 23.2. The zero-order valence-electron chi connectivity index (χ0n) is 15.5. The van der Waals surface area contributed by atoms with E-state index < -0.39 is 0 Å². The summed E-state index contributed by atoms with van der Waals surface area (Å²) in [6, 6.07) is 5.27. The first-order valence-electron chi connectivity index (χ1n) is 9.77. The molecule has 1 aliphatic carbocycles. The van der Waals surface area contributed by atoms with E-state index in [9.17, 15) is 9.18 Å². The summed E-state index contributed by atoms with van der Waals surface area (Å²) in [5.74, 6) is -0.165. The molecule has 3 aliphatic rings. The van der Waals surface area contributed by atoms with Crippen molar-refractivity contribution in [2.75, 3.05) is 44.3 Å². The van der Waals surface area contributed by atoms with Crippen molar-refractivity contribution in [3.8, 4) is 0 Å².